The van der Waals surface area contributed by atoms with Crippen LogP contribution in [0.5, 0.6) is 0 Å². The van der Waals surface area contributed by atoms with Crippen molar-refractivity contribution >= 4 is 39.4 Å². The molecule has 1 aromatic heterocycles. The van der Waals surface area contributed by atoms with Crippen LogP contribution in [0, 0.1) is 5.82 Å². The summed E-state index contributed by atoms with van der Waals surface area (Å²) in [6.07, 6.45) is 1.51. The van der Waals surface area contributed by atoms with E-state index in [4.69, 9.17) is 11.6 Å². The van der Waals surface area contributed by atoms with E-state index < -0.39 is 11.2 Å². The lowest BCUT2D eigenvalue weighted by Gasteiger charge is -2.11. The highest BCUT2D eigenvalue weighted by Crippen LogP contribution is 2.25. The van der Waals surface area contributed by atoms with Crippen molar-refractivity contribution in [1.29, 1.82) is 0 Å². The Kier molecular flexibility index (Phi) is 4.73. The first-order chi connectivity index (χ1) is 11.5. The van der Waals surface area contributed by atoms with Crippen LogP contribution in [-0.4, -0.2) is 9.68 Å². The predicted molar refractivity (Wildman–Crippen MR) is 95.5 cm³/mol. The van der Waals surface area contributed by atoms with Gasteiger partial charge in [0, 0.05) is 23.0 Å². The van der Waals surface area contributed by atoms with E-state index in [0.717, 1.165) is 22.7 Å². The van der Waals surface area contributed by atoms with E-state index in [9.17, 15) is 14.0 Å². The number of nitrogens with zero attached hydrogens (tertiary/aromatic N) is 1. The van der Waals surface area contributed by atoms with Crippen LogP contribution in [-0.2, 0) is 6.54 Å². The number of fused-ring (bicyclic) bond motifs is 1. The number of halogens is 2. The molecule has 0 aliphatic carbocycles. The first-order valence-electron chi connectivity index (χ1n) is 7.30. The van der Waals surface area contributed by atoms with E-state index >= 15 is 0 Å². The van der Waals surface area contributed by atoms with E-state index in [-0.39, 0.29) is 21.1 Å². The first-order valence-corrected chi connectivity index (χ1v) is 8.50. The second kappa shape index (κ2) is 6.79. The molecule has 0 atom stereocenters. The monoisotopic (exact) mass is 361 g/mol. The Bertz CT molecular complexity index is 986. The van der Waals surface area contributed by atoms with Crippen molar-refractivity contribution in [3.63, 3.8) is 0 Å². The van der Waals surface area contributed by atoms with Crippen molar-refractivity contribution in [2.75, 3.05) is 0 Å². The third-order valence-corrected chi connectivity index (χ3v) is 4.84. The highest BCUT2D eigenvalue weighted by atomic mass is 35.5. The van der Waals surface area contributed by atoms with Gasteiger partial charge in [0.15, 0.2) is 0 Å². The number of benzene rings is 2. The molecule has 6 heteroatoms. The van der Waals surface area contributed by atoms with Crippen molar-refractivity contribution in [1.82, 2.24) is 4.57 Å². The Morgan fingerprint density at radius 2 is 1.96 bits per heavy atom. The minimum absolute atomic E-state index is 0.0277. The molecule has 0 spiro atoms. The molecule has 0 N–H and O–H groups in total. The number of pyridine rings is 1. The number of carbonyl (C=O) groups is 1. The van der Waals surface area contributed by atoms with Gasteiger partial charge < -0.3 is 4.57 Å². The van der Waals surface area contributed by atoms with Crippen molar-refractivity contribution in [3.05, 3.63) is 75.3 Å². The Morgan fingerprint density at radius 1 is 1.25 bits per heavy atom. The number of aromatic nitrogens is 1. The van der Waals surface area contributed by atoms with Crippen LogP contribution >= 0.6 is 23.4 Å². The molecular formula is C18H13ClFNO2S. The Labute approximate surface area is 147 Å². The molecule has 24 heavy (non-hydrogen) atoms. The van der Waals surface area contributed by atoms with Gasteiger partial charge in [0.25, 0.3) is 0 Å². The average Bonchev–Trinajstić information content (AvgIpc) is 2.58. The lowest BCUT2D eigenvalue weighted by Crippen LogP contribution is -2.17. The number of hydrogen-bond acceptors (Lipinski definition) is 3. The van der Waals surface area contributed by atoms with Gasteiger partial charge in [-0.3, -0.25) is 9.59 Å². The summed E-state index contributed by atoms with van der Waals surface area (Å²) < 4.78 is 15.5. The zero-order valence-electron chi connectivity index (χ0n) is 12.8. The molecule has 3 nitrogen and oxygen atoms in total. The van der Waals surface area contributed by atoms with Crippen molar-refractivity contribution in [3.8, 4) is 0 Å². The highest BCUT2D eigenvalue weighted by Gasteiger charge is 2.18. The smallest absolute Gasteiger partial charge is 0.229 e. The fraction of sp³-hybridized carbons (Fsp3) is 0.111. The molecule has 0 radical (unpaired) electrons. The van der Waals surface area contributed by atoms with Crippen LogP contribution in [0.25, 0.3) is 10.9 Å². The number of thioether (sulfide) groups is 1. The summed E-state index contributed by atoms with van der Waals surface area (Å²) in [4.78, 5) is 25.9. The summed E-state index contributed by atoms with van der Waals surface area (Å²) in [5.41, 5.74) is 0.0498. The molecule has 2 aromatic carbocycles. The molecular weight excluding hydrogens is 349 g/mol. The van der Waals surface area contributed by atoms with Crippen LogP contribution in [0.4, 0.5) is 4.39 Å². The molecule has 0 saturated heterocycles. The van der Waals surface area contributed by atoms with Crippen LogP contribution in [0.15, 0.2) is 58.4 Å². The molecule has 0 aliphatic heterocycles. The number of hydrogen-bond donors (Lipinski definition) is 0. The van der Waals surface area contributed by atoms with Gasteiger partial charge in [-0.2, -0.15) is 0 Å². The van der Waals surface area contributed by atoms with E-state index in [1.807, 2.05) is 25.1 Å². The van der Waals surface area contributed by atoms with E-state index in [2.05, 4.69) is 0 Å². The Hall–Kier alpha value is -2.11. The molecule has 0 saturated carbocycles. The van der Waals surface area contributed by atoms with Gasteiger partial charge in [0.05, 0.1) is 16.1 Å². The van der Waals surface area contributed by atoms with Gasteiger partial charge in [-0.1, -0.05) is 29.8 Å². The summed E-state index contributed by atoms with van der Waals surface area (Å²) in [5, 5.41) is -0.272. The van der Waals surface area contributed by atoms with E-state index in [1.54, 1.807) is 16.7 Å². The van der Waals surface area contributed by atoms with Crippen molar-refractivity contribution in [2.24, 2.45) is 0 Å². The maximum atomic E-state index is 13.8. The van der Waals surface area contributed by atoms with Gasteiger partial charge in [-0.15, -0.1) is 0 Å². The zero-order chi connectivity index (χ0) is 17.3. The number of carbonyl (C=O) groups excluding carboxylic acids is 1. The summed E-state index contributed by atoms with van der Waals surface area (Å²) in [7, 11) is 0. The standard InChI is InChI=1S/C18H13ClFNO2S/c1-2-21-10-13(18(23)24-11-6-4-3-5-7-11)17(22)12-8-15(20)14(19)9-16(12)21/h3-10H,2H2,1H3. The quantitative estimate of drug-likeness (QED) is 0.632. The third-order valence-electron chi connectivity index (χ3n) is 3.64. The van der Waals surface area contributed by atoms with Crippen LogP contribution in [0.3, 0.4) is 0 Å². The molecule has 0 amide bonds. The fourth-order valence-electron chi connectivity index (χ4n) is 2.44. The van der Waals surface area contributed by atoms with Crippen molar-refractivity contribution < 1.29 is 9.18 Å². The van der Waals surface area contributed by atoms with E-state index in [1.165, 1.54) is 12.3 Å². The van der Waals surface area contributed by atoms with Gasteiger partial charge in [-0.25, -0.2) is 4.39 Å². The topological polar surface area (TPSA) is 39.1 Å². The highest BCUT2D eigenvalue weighted by molar-refractivity contribution is 8.14. The molecule has 0 fully saturated rings. The lowest BCUT2D eigenvalue weighted by molar-refractivity contribution is 0.108. The molecule has 1 heterocycles. The summed E-state index contributed by atoms with van der Waals surface area (Å²) in [6.45, 7) is 2.40. The van der Waals surface area contributed by atoms with Crippen LogP contribution in [0.1, 0.15) is 17.3 Å². The minimum Gasteiger partial charge on any atom is -0.347 e. The summed E-state index contributed by atoms with van der Waals surface area (Å²) >= 11 is 6.79. The van der Waals surface area contributed by atoms with Gasteiger partial charge in [-0.05, 0) is 43.0 Å². The average molecular weight is 362 g/mol. The Balaban J connectivity index is 2.15. The molecule has 0 aliphatic rings. The molecule has 3 rings (SSSR count). The summed E-state index contributed by atoms with van der Waals surface area (Å²) in [5.74, 6) is -0.677. The minimum atomic E-state index is -0.677. The SMILES string of the molecule is CCn1cc(C(=O)Sc2ccccc2)c(=O)c2cc(F)c(Cl)cc21. The largest absolute Gasteiger partial charge is 0.347 e. The second-order valence-corrected chi connectivity index (χ2v) is 6.60. The van der Waals surface area contributed by atoms with Gasteiger partial charge >= 0.3 is 0 Å². The maximum Gasteiger partial charge on any atom is 0.229 e. The Morgan fingerprint density at radius 3 is 2.62 bits per heavy atom. The van der Waals surface area contributed by atoms with Gasteiger partial charge in [0.1, 0.15) is 5.82 Å². The molecule has 0 bridgehead atoms. The molecule has 0 unspecified atom stereocenters. The predicted octanol–water partition coefficient (Wildman–Crippen LogP) is 4.75. The first kappa shape index (κ1) is 16.7. The summed E-state index contributed by atoms with van der Waals surface area (Å²) in [6, 6.07) is 11.6. The van der Waals surface area contributed by atoms with Crippen LogP contribution in [0.2, 0.25) is 5.02 Å². The number of aryl methyl sites for hydroxylation is 1. The van der Waals surface area contributed by atoms with Crippen LogP contribution < -0.4 is 5.43 Å². The molecule has 3 aromatic rings. The number of rotatable bonds is 3. The van der Waals surface area contributed by atoms with Crippen molar-refractivity contribution in [2.45, 2.75) is 18.4 Å². The normalized spacial score (nSPS) is 11.0. The second-order valence-electron chi connectivity index (χ2n) is 5.14. The zero-order valence-corrected chi connectivity index (χ0v) is 14.3. The molecule has 122 valence electrons. The van der Waals surface area contributed by atoms with Gasteiger partial charge in [0.2, 0.25) is 10.5 Å². The third kappa shape index (κ3) is 3.09. The fourth-order valence-corrected chi connectivity index (χ4v) is 3.36. The lowest BCUT2D eigenvalue weighted by atomic mass is 10.1. The van der Waals surface area contributed by atoms with E-state index in [0.29, 0.717) is 12.1 Å². The maximum absolute atomic E-state index is 13.8.